The van der Waals surface area contributed by atoms with Gasteiger partial charge in [-0.15, -0.1) is 0 Å². The SMILES string of the molecule is COCCN(Cc1c(C)nn(-c2ccc(F)cc2)c1Oc1ccccc1F)C[C@@H](O)COC(C)C. The third-order valence-corrected chi connectivity index (χ3v) is 5.34. The minimum Gasteiger partial charge on any atom is -0.435 e. The summed E-state index contributed by atoms with van der Waals surface area (Å²) in [4.78, 5) is 2.01. The van der Waals surface area contributed by atoms with Gasteiger partial charge < -0.3 is 19.3 Å². The molecular weight excluding hydrogens is 456 g/mol. The highest BCUT2D eigenvalue weighted by Gasteiger charge is 2.23. The molecule has 0 amide bonds. The van der Waals surface area contributed by atoms with Crippen LogP contribution in [0.25, 0.3) is 5.69 Å². The smallest absolute Gasteiger partial charge is 0.227 e. The first-order valence-electron chi connectivity index (χ1n) is 11.6. The van der Waals surface area contributed by atoms with Gasteiger partial charge in [0.25, 0.3) is 0 Å². The zero-order valence-electron chi connectivity index (χ0n) is 20.6. The molecule has 1 heterocycles. The second-order valence-electron chi connectivity index (χ2n) is 8.55. The first-order chi connectivity index (χ1) is 16.8. The molecule has 3 aromatic rings. The van der Waals surface area contributed by atoms with Crippen molar-refractivity contribution < 1.29 is 28.1 Å². The monoisotopic (exact) mass is 489 g/mol. The Bertz CT molecular complexity index is 1070. The fraction of sp³-hybridized carbons (Fsp3) is 0.423. The van der Waals surface area contributed by atoms with Gasteiger partial charge in [0, 0.05) is 26.7 Å². The van der Waals surface area contributed by atoms with Crippen molar-refractivity contribution in [3.63, 3.8) is 0 Å². The second kappa shape index (κ2) is 12.7. The van der Waals surface area contributed by atoms with Crippen molar-refractivity contribution in [3.8, 4) is 17.3 Å². The van der Waals surface area contributed by atoms with E-state index in [2.05, 4.69) is 5.10 Å². The molecule has 0 spiro atoms. The molecule has 0 radical (unpaired) electrons. The van der Waals surface area contributed by atoms with Crippen LogP contribution in [0, 0.1) is 18.6 Å². The van der Waals surface area contributed by atoms with Crippen molar-refractivity contribution in [3.05, 3.63) is 71.4 Å². The number of ether oxygens (including phenoxy) is 3. The predicted molar refractivity (Wildman–Crippen MR) is 129 cm³/mol. The molecule has 2 aromatic carbocycles. The number of halogens is 2. The van der Waals surface area contributed by atoms with E-state index in [0.717, 1.165) is 0 Å². The van der Waals surface area contributed by atoms with E-state index < -0.39 is 11.9 Å². The second-order valence-corrected chi connectivity index (χ2v) is 8.55. The Kier molecular flexibility index (Phi) is 9.73. The van der Waals surface area contributed by atoms with Crippen molar-refractivity contribution >= 4 is 0 Å². The molecule has 7 nitrogen and oxygen atoms in total. The van der Waals surface area contributed by atoms with Crippen molar-refractivity contribution in [2.24, 2.45) is 0 Å². The number of hydrogen-bond acceptors (Lipinski definition) is 6. The van der Waals surface area contributed by atoms with Gasteiger partial charge in [0.05, 0.1) is 42.4 Å². The Morgan fingerprint density at radius 3 is 2.46 bits per heavy atom. The van der Waals surface area contributed by atoms with E-state index in [9.17, 15) is 13.9 Å². The van der Waals surface area contributed by atoms with Crippen molar-refractivity contribution in [2.45, 2.75) is 39.5 Å². The van der Waals surface area contributed by atoms with Gasteiger partial charge in [-0.2, -0.15) is 5.10 Å². The number of aromatic nitrogens is 2. The topological polar surface area (TPSA) is 69.0 Å². The number of benzene rings is 2. The molecule has 190 valence electrons. The van der Waals surface area contributed by atoms with Crippen LogP contribution < -0.4 is 4.74 Å². The van der Waals surface area contributed by atoms with Crippen LogP contribution in [-0.4, -0.2) is 65.4 Å². The zero-order chi connectivity index (χ0) is 25.4. The van der Waals surface area contributed by atoms with Gasteiger partial charge in [-0.25, -0.2) is 13.5 Å². The number of rotatable bonds is 13. The van der Waals surface area contributed by atoms with Gasteiger partial charge in [0.15, 0.2) is 11.6 Å². The summed E-state index contributed by atoms with van der Waals surface area (Å²) in [6, 6.07) is 11.9. The standard InChI is InChI=1S/C26H33F2N3O4/c1-18(2)34-17-22(32)15-30(13-14-33-4)16-23-19(3)29-31(21-11-9-20(27)10-12-21)26(23)35-25-8-6-5-7-24(25)28/h5-12,18,22,32H,13-17H2,1-4H3/t22-/m1/s1. The number of methoxy groups -OCH3 is 1. The first kappa shape index (κ1) is 26.7. The molecule has 1 atom stereocenters. The Balaban J connectivity index is 1.96. The molecule has 0 fully saturated rings. The summed E-state index contributed by atoms with van der Waals surface area (Å²) >= 11 is 0. The van der Waals surface area contributed by atoms with Crippen LogP contribution in [0.5, 0.6) is 11.6 Å². The number of hydrogen-bond donors (Lipinski definition) is 1. The third kappa shape index (κ3) is 7.57. The fourth-order valence-electron chi connectivity index (χ4n) is 3.55. The van der Waals surface area contributed by atoms with Crippen LogP contribution in [0.15, 0.2) is 48.5 Å². The highest BCUT2D eigenvalue weighted by molar-refractivity contribution is 5.43. The fourth-order valence-corrected chi connectivity index (χ4v) is 3.55. The van der Waals surface area contributed by atoms with E-state index >= 15 is 0 Å². The van der Waals surface area contributed by atoms with E-state index in [1.807, 2.05) is 25.7 Å². The van der Waals surface area contributed by atoms with E-state index in [1.165, 1.54) is 28.9 Å². The van der Waals surface area contributed by atoms with Crippen molar-refractivity contribution in [1.82, 2.24) is 14.7 Å². The molecule has 3 rings (SSSR count). The van der Waals surface area contributed by atoms with Crippen LogP contribution in [0.4, 0.5) is 8.78 Å². The van der Waals surface area contributed by atoms with Crippen molar-refractivity contribution in [2.75, 3.05) is 33.4 Å². The molecule has 0 bridgehead atoms. The van der Waals surface area contributed by atoms with E-state index in [0.29, 0.717) is 49.1 Å². The molecule has 0 aliphatic heterocycles. The molecule has 0 aliphatic carbocycles. The summed E-state index contributed by atoms with van der Waals surface area (Å²) in [6.45, 7) is 7.53. The molecule has 0 saturated carbocycles. The molecule has 1 aromatic heterocycles. The number of aliphatic hydroxyl groups is 1. The lowest BCUT2D eigenvalue weighted by atomic mass is 10.2. The van der Waals surface area contributed by atoms with E-state index in [-0.39, 0.29) is 24.3 Å². The Morgan fingerprint density at radius 1 is 1.09 bits per heavy atom. The number of aryl methyl sites for hydroxylation is 1. The lowest BCUT2D eigenvalue weighted by molar-refractivity contribution is -0.0122. The summed E-state index contributed by atoms with van der Waals surface area (Å²) in [5.74, 6) is -0.529. The zero-order valence-corrected chi connectivity index (χ0v) is 20.6. The average Bonchev–Trinajstić information content (AvgIpc) is 3.13. The quantitative estimate of drug-likeness (QED) is 0.382. The van der Waals surface area contributed by atoms with Crippen LogP contribution in [0.3, 0.4) is 0 Å². The predicted octanol–water partition coefficient (Wildman–Crippen LogP) is 4.49. The van der Waals surface area contributed by atoms with Gasteiger partial charge in [0.1, 0.15) is 5.82 Å². The lowest BCUT2D eigenvalue weighted by Crippen LogP contribution is -2.37. The lowest BCUT2D eigenvalue weighted by Gasteiger charge is -2.25. The van der Waals surface area contributed by atoms with Gasteiger partial charge in [0.2, 0.25) is 5.88 Å². The highest BCUT2D eigenvalue weighted by Crippen LogP contribution is 2.32. The summed E-state index contributed by atoms with van der Waals surface area (Å²) in [7, 11) is 1.61. The average molecular weight is 490 g/mol. The first-order valence-corrected chi connectivity index (χ1v) is 11.6. The maximum atomic E-state index is 14.5. The molecule has 0 unspecified atom stereocenters. The maximum absolute atomic E-state index is 14.5. The van der Waals surface area contributed by atoms with Gasteiger partial charge in [-0.05, 0) is 57.2 Å². The largest absolute Gasteiger partial charge is 0.435 e. The summed E-state index contributed by atoms with van der Waals surface area (Å²) < 4.78 is 46.4. The molecule has 9 heteroatoms. The van der Waals surface area contributed by atoms with E-state index in [4.69, 9.17) is 14.2 Å². The molecule has 0 aliphatic rings. The van der Waals surface area contributed by atoms with Gasteiger partial charge >= 0.3 is 0 Å². The van der Waals surface area contributed by atoms with Gasteiger partial charge in [-0.3, -0.25) is 4.90 Å². The summed E-state index contributed by atoms with van der Waals surface area (Å²) in [5.41, 5.74) is 1.95. The van der Waals surface area contributed by atoms with E-state index in [1.54, 1.807) is 31.4 Å². The minimum atomic E-state index is -0.711. The van der Waals surface area contributed by atoms with Crippen molar-refractivity contribution in [1.29, 1.82) is 0 Å². The van der Waals surface area contributed by atoms with Crippen LogP contribution in [-0.2, 0) is 16.0 Å². The summed E-state index contributed by atoms with van der Waals surface area (Å²) in [6.07, 6.45) is -0.702. The number of nitrogens with zero attached hydrogens (tertiary/aromatic N) is 3. The maximum Gasteiger partial charge on any atom is 0.227 e. The molecular formula is C26H33F2N3O4. The van der Waals surface area contributed by atoms with Crippen LogP contribution >= 0.6 is 0 Å². The molecule has 35 heavy (non-hydrogen) atoms. The van der Waals surface area contributed by atoms with Crippen LogP contribution in [0.1, 0.15) is 25.1 Å². The Morgan fingerprint density at radius 2 is 1.80 bits per heavy atom. The number of para-hydroxylation sites is 1. The van der Waals surface area contributed by atoms with Crippen LogP contribution in [0.2, 0.25) is 0 Å². The highest BCUT2D eigenvalue weighted by atomic mass is 19.1. The normalized spacial score (nSPS) is 12.5. The molecule has 1 N–H and O–H groups in total. The Labute approximate surface area is 204 Å². The Hall–Kier alpha value is -2.85. The number of aliphatic hydroxyl groups excluding tert-OH is 1. The third-order valence-electron chi connectivity index (χ3n) is 5.34. The summed E-state index contributed by atoms with van der Waals surface area (Å²) in [5, 5.41) is 15.1. The molecule has 0 saturated heterocycles. The minimum absolute atomic E-state index is 0.00836. The van der Waals surface area contributed by atoms with Gasteiger partial charge in [-0.1, -0.05) is 12.1 Å².